The number of ketones is 1. The lowest BCUT2D eigenvalue weighted by atomic mass is 9.92. The van der Waals surface area contributed by atoms with Crippen LogP contribution in [-0.4, -0.2) is 17.9 Å². The number of carbonyl (C=O) groups excluding carboxylic acids is 1. The molecule has 0 amide bonds. The quantitative estimate of drug-likeness (QED) is 0.798. The molecular formula is C15H14ClNO2. The minimum absolute atomic E-state index is 0.0226. The fourth-order valence-electron chi connectivity index (χ4n) is 1.91. The lowest BCUT2D eigenvalue weighted by Crippen LogP contribution is -2.11. The van der Waals surface area contributed by atoms with Crippen LogP contribution in [0.15, 0.2) is 42.7 Å². The highest BCUT2D eigenvalue weighted by Gasteiger charge is 2.20. The van der Waals surface area contributed by atoms with E-state index in [1.807, 2.05) is 19.1 Å². The van der Waals surface area contributed by atoms with Crippen molar-refractivity contribution in [2.24, 2.45) is 0 Å². The summed E-state index contributed by atoms with van der Waals surface area (Å²) in [5.74, 6) is 0.247. The highest BCUT2D eigenvalue weighted by atomic mass is 35.5. The first-order valence-electron chi connectivity index (χ1n) is 5.91. The zero-order chi connectivity index (χ0) is 13.8. The largest absolute Gasteiger partial charge is 0.496 e. The van der Waals surface area contributed by atoms with Crippen molar-refractivity contribution in [2.75, 3.05) is 7.11 Å². The number of rotatable bonds is 4. The van der Waals surface area contributed by atoms with E-state index in [0.717, 1.165) is 5.56 Å². The highest BCUT2D eigenvalue weighted by Crippen LogP contribution is 2.28. The van der Waals surface area contributed by atoms with Crippen LogP contribution in [0.5, 0.6) is 5.75 Å². The van der Waals surface area contributed by atoms with Crippen LogP contribution in [-0.2, 0) is 0 Å². The predicted octanol–water partition coefficient (Wildman–Crippen LogP) is 3.73. The molecule has 0 spiro atoms. The monoisotopic (exact) mass is 275 g/mol. The van der Waals surface area contributed by atoms with Gasteiger partial charge < -0.3 is 4.74 Å². The molecule has 0 saturated heterocycles. The molecule has 4 heteroatoms. The number of aromatic nitrogens is 1. The highest BCUT2D eigenvalue weighted by molar-refractivity contribution is 6.31. The van der Waals surface area contributed by atoms with Gasteiger partial charge >= 0.3 is 0 Å². The average Bonchev–Trinajstić information content (AvgIpc) is 2.46. The zero-order valence-corrected chi connectivity index (χ0v) is 11.5. The fraction of sp³-hybridized carbons (Fsp3) is 0.200. The Labute approximate surface area is 117 Å². The summed E-state index contributed by atoms with van der Waals surface area (Å²) >= 11 is 5.95. The second kappa shape index (κ2) is 5.85. The third kappa shape index (κ3) is 2.93. The number of Topliss-reactive ketones (excluding diaryl/α,β-unsaturated/α-hetero) is 1. The Hall–Kier alpha value is -1.87. The first-order valence-corrected chi connectivity index (χ1v) is 6.29. The molecule has 19 heavy (non-hydrogen) atoms. The molecular weight excluding hydrogens is 262 g/mol. The number of hydrogen-bond acceptors (Lipinski definition) is 3. The van der Waals surface area contributed by atoms with Crippen LogP contribution in [0.1, 0.15) is 28.8 Å². The van der Waals surface area contributed by atoms with Crippen molar-refractivity contribution in [1.82, 2.24) is 4.98 Å². The van der Waals surface area contributed by atoms with Gasteiger partial charge in [0.1, 0.15) is 5.75 Å². The number of halogens is 1. The van der Waals surface area contributed by atoms with Crippen LogP contribution >= 0.6 is 11.6 Å². The van der Waals surface area contributed by atoms with Crippen LogP contribution in [0, 0.1) is 0 Å². The van der Waals surface area contributed by atoms with Crippen LogP contribution in [0.3, 0.4) is 0 Å². The first-order chi connectivity index (χ1) is 9.13. The molecule has 1 unspecified atom stereocenters. The summed E-state index contributed by atoms with van der Waals surface area (Å²) in [6, 6.07) is 8.71. The van der Waals surface area contributed by atoms with Gasteiger partial charge in [-0.05, 0) is 35.9 Å². The Bertz CT molecular complexity index is 584. The van der Waals surface area contributed by atoms with E-state index >= 15 is 0 Å². The Balaban J connectivity index is 2.37. The van der Waals surface area contributed by atoms with Crippen molar-refractivity contribution in [3.8, 4) is 5.75 Å². The molecule has 0 saturated carbocycles. The van der Waals surface area contributed by atoms with E-state index in [1.165, 1.54) is 7.11 Å². The third-order valence-corrected chi connectivity index (χ3v) is 3.26. The van der Waals surface area contributed by atoms with E-state index < -0.39 is 0 Å². The van der Waals surface area contributed by atoms with Crippen molar-refractivity contribution in [3.05, 3.63) is 58.9 Å². The summed E-state index contributed by atoms with van der Waals surface area (Å²) in [6.07, 6.45) is 3.35. The molecule has 1 aromatic carbocycles. The van der Waals surface area contributed by atoms with Gasteiger partial charge in [0, 0.05) is 23.3 Å². The first kappa shape index (κ1) is 13.6. The molecule has 0 N–H and O–H groups in total. The average molecular weight is 276 g/mol. The molecule has 0 aliphatic heterocycles. The lowest BCUT2D eigenvalue weighted by molar-refractivity contribution is 0.0963. The summed E-state index contributed by atoms with van der Waals surface area (Å²) in [5.41, 5.74) is 1.42. The molecule has 0 aliphatic rings. The number of hydrogen-bond donors (Lipinski definition) is 0. The molecule has 2 aromatic rings. The van der Waals surface area contributed by atoms with Crippen molar-refractivity contribution in [3.63, 3.8) is 0 Å². The van der Waals surface area contributed by atoms with Gasteiger partial charge in [-0.15, -0.1) is 0 Å². The topological polar surface area (TPSA) is 39.2 Å². The normalized spacial score (nSPS) is 11.9. The fourth-order valence-corrected chi connectivity index (χ4v) is 2.08. The maximum absolute atomic E-state index is 12.5. The summed E-state index contributed by atoms with van der Waals surface area (Å²) < 4.78 is 5.22. The van der Waals surface area contributed by atoms with E-state index in [0.29, 0.717) is 16.3 Å². The molecule has 0 radical (unpaired) electrons. The van der Waals surface area contributed by atoms with Gasteiger partial charge in [-0.3, -0.25) is 9.78 Å². The van der Waals surface area contributed by atoms with E-state index in [9.17, 15) is 4.79 Å². The Morgan fingerprint density at radius 3 is 2.58 bits per heavy atom. The molecule has 1 aromatic heterocycles. The summed E-state index contributed by atoms with van der Waals surface area (Å²) in [6.45, 7) is 1.86. The van der Waals surface area contributed by atoms with Crippen molar-refractivity contribution in [1.29, 1.82) is 0 Å². The molecule has 1 heterocycles. The van der Waals surface area contributed by atoms with Gasteiger partial charge in [0.25, 0.3) is 0 Å². The summed E-state index contributed by atoms with van der Waals surface area (Å²) in [7, 11) is 1.54. The molecule has 1 atom stereocenters. The van der Waals surface area contributed by atoms with Gasteiger partial charge in [0.15, 0.2) is 5.78 Å². The predicted molar refractivity (Wildman–Crippen MR) is 75.0 cm³/mol. The standard InChI is InChI=1S/C15H14ClNO2/c1-10(11-5-7-17-8-6-11)15(18)13-9-12(16)3-4-14(13)19-2/h3-10H,1-2H3. The van der Waals surface area contributed by atoms with Gasteiger partial charge in [0.05, 0.1) is 12.7 Å². The number of methoxy groups -OCH3 is 1. The minimum atomic E-state index is -0.268. The number of benzene rings is 1. The molecule has 0 aliphatic carbocycles. The maximum Gasteiger partial charge on any atom is 0.173 e. The minimum Gasteiger partial charge on any atom is -0.496 e. The van der Waals surface area contributed by atoms with Crippen molar-refractivity contribution >= 4 is 17.4 Å². The van der Waals surface area contributed by atoms with Crippen molar-refractivity contribution < 1.29 is 9.53 Å². The zero-order valence-electron chi connectivity index (χ0n) is 10.8. The van der Waals surface area contributed by atoms with E-state index in [2.05, 4.69) is 4.98 Å². The van der Waals surface area contributed by atoms with E-state index in [1.54, 1.807) is 30.6 Å². The van der Waals surface area contributed by atoms with E-state index in [-0.39, 0.29) is 11.7 Å². The number of carbonyl (C=O) groups is 1. The maximum atomic E-state index is 12.5. The molecule has 2 rings (SSSR count). The summed E-state index contributed by atoms with van der Waals surface area (Å²) in [4.78, 5) is 16.5. The van der Waals surface area contributed by atoms with Crippen LogP contribution in [0.25, 0.3) is 0 Å². The van der Waals surface area contributed by atoms with Crippen molar-refractivity contribution in [2.45, 2.75) is 12.8 Å². The lowest BCUT2D eigenvalue weighted by Gasteiger charge is -2.13. The van der Waals surface area contributed by atoms with Gasteiger partial charge in [0.2, 0.25) is 0 Å². The number of ether oxygens (including phenoxy) is 1. The van der Waals surface area contributed by atoms with Crippen LogP contribution in [0.2, 0.25) is 5.02 Å². The molecule has 0 bridgehead atoms. The van der Waals surface area contributed by atoms with E-state index in [4.69, 9.17) is 16.3 Å². The molecule has 0 fully saturated rings. The number of nitrogens with zero attached hydrogens (tertiary/aromatic N) is 1. The second-order valence-electron chi connectivity index (χ2n) is 4.21. The van der Waals surface area contributed by atoms with Gasteiger partial charge in [-0.25, -0.2) is 0 Å². The Morgan fingerprint density at radius 1 is 1.26 bits per heavy atom. The SMILES string of the molecule is COc1ccc(Cl)cc1C(=O)C(C)c1ccncc1. The summed E-state index contributed by atoms with van der Waals surface area (Å²) in [5, 5.41) is 0.520. The smallest absolute Gasteiger partial charge is 0.173 e. The Kier molecular flexibility index (Phi) is 4.17. The Morgan fingerprint density at radius 2 is 1.95 bits per heavy atom. The number of pyridine rings is 1. The van der Waals surface area contributed by atoms with Crippen LogP contribution < -0.4 is 4.74 Å². The van der Waals surface area contributed by atoms with Crippen LogP contribution in [0.4, 0.5) is 0 Å². The van der Waals surface area contributed by atoms with Gasteiger partial charge in [-0.1, -0.05) is 18.5 Å². The third-order valence-electron chi connectivity index (χ3n) is 3.03. The second-order valence-corrected chi connectivity index (χ2v) is 4.65. The molecule has 3 nitrogen and oxygen atoms in total. The molecule has 98 valence electrons. The van der Waals surface area contributed by atoms with Gasteiger partial charge in [-0.2, -0.15) is 0 Å².